The number of carbonyl (C=O) groups is 2. The van der Waals surface area contributed by atoms with Crippen LogP contribution >= 0.6 is 0 Å². The summed E-state index contributed by atoms with van der Waals surface area (Å²) in [6.45, 7) is 3.69. The fraction of sp³-hybridized carbons (Fsp3) is 0.417. The highest BCUT2D eigenvalue weighted by atomic mass is 16.4. The summed E-state index contributed by atoms with van der Waals surface area (Å²) in [5, 5.41) is 13.5. The molecule has 0 saturated carbocycles. The van der Waals surface area contributed by atoms with Crippen LogP contribution in [0.4, 0.5) is 4.79 Å². The van der Waals surface area contributed by atoms with Crippen LogP contribution in [0.5, 0.6) is 0 Å². The molecular weight excluding hydrogens is 234 g/mol. The highest BCUT2D eigenvalue weighted by Gasteiger charge is 2.13. The Balaban J connectivity index is 2.50. The smallest absolute Gasteiger partial charge is 0.325 e. The molecule has 1 aromatic heterocycles. The maximum absolute atomic E-state index is 11.4. The number of rotatable bonds is 5. The SMILES string of the molecule is CCc1cccnc1CNC(=O)NC(C)C(=O)O. The Bertz CT molecular complexity index is 434. The molecule has 1 unspecified atom stereocenters. The third-order valence-corrected chi connectivity index (χ3v) is 2.50. The summed E-state index contributed by atoms with van der Waals surface area (Å²) >= 11 is 0. The number of aromatic nitrogens is 1. The van der Waals surface area contributed by atoms with E-state index in [0.717, 1.165) is 17.7 Å². The summed E-state index contributed by atoms with van der Waals surface area (Å²) in [5.74, 6) is -1.07. The maximum atomic E-state index is 11.4. The van der Waals surface area contributed by atoms with Gasteiger partial charge in [0, 0.05) is 6.20 Å². The fourth-order valence-corrected chi connectivity index (χ4v) is 1.43. The van der Waals surface area contributed by atoms with Gasteiger partial charge in [-0.05, 0) is 25.0 Å². The Morgan fingerprint density at radius 1 is 1.50 bits per heavy atom. The first-order chi connectivity index (χ1) is 8.54. The lowest BCUT2D eigenvalue weighted by Crippen LogP contribution is -2.44. The van der Waals surface area contributed by atoms with Gasteiger partial charge in [-0.3, -0.25) is 9.78 Å². The van der Waals surface area contributed by atoms with Crippen molar-refractivity contribution in [3.63, 3.8) is 0 Å². The second-order valence-corrected chi connectivity index (χ2v) is 3.85. The molecule has 1 heterocycles. The van der Waals surface area contributed by atoms with Crippen molar-refractivity contribution in [2.45, 2.75) is 32.9 Å². The summed E-state index contributed by atoms with van der Waals surface area (Å²) in [4.78, 5) is 26.1. The number of nitrogens with one attached hydrogen (secondary N) is 2. The van der Waals surface area contributed by atoms with E-state index in [0.29, 0.717) is 0 Å². The van der Waals surface area contributed by atoms with Gasteiger partial charge < -0.3 is 15.7 Å². The van der Waals surface area contributed by atoms with Gasteiger partial charge in [0.25, 0.3) is 0 Å². The van der Waals surface area contributed by atoms with Crippen LogP contribution in [-0.4, -0.2) is 28.1 Å². The van der Waals surface area contributed by atoms with Gasteiger partial charge in [-0.1, -0.05) is 13.0 Å². The van der Waals surface area contributed by atoms with Crippen molar-refractivity contribution in [3.8, 4) is 0 Å². The molecule has 0 bridgehead atoms. The van der Waals surface area contributed by atoms with Gasteiger partial charge in [-0.25, -0.2) is 4.79 Å². The van der Waals surface area contributed by atoms with Crippen LogP contribution in [0.1, 0.15) is 25.1 Å². The molecule has 0 aliphatic rings. The van der Waals surface area contributed by atoms with Crippen LogP contribution in [0.25, 0.3) is 0 Å². The Labute approximate surface area is 105 Å². The topological polar surface area (TPSA) is 91.3 Å². The van der Waals surface area contributed by atoms with E-state index in [1.807, 2.05) is 19.1 Å². The molecule has 98 valence electrons. The van der Waals surface area contributed by atoms with Gasteiger partial charge in [-0.2, -0.15) is 0 Å². The van der Waals surface area contributed by atoms with E-state index in [1.165, 1.54) is 6.92 Å². The zero-order valence-electron chi connectivity index (χ0n) is 10.4. The number of aliphatic carboxylic acids is 1. The van der Waals surface area contributed by atoms with Crippen LogP contribution in [0.3, 0.4) is 0 Å². The summed E-state index contributed by atoms with van der Waals surface area (Å²) in [6, 6.07) is 2.36. The van der Waals surface area contributed by atoms with Crippen molar-refractivity contribution in [2.24, 2.45) is 0 Å². The van der Waals surface area contributed by atoms with Crippen LogP contribution in [0, 0.1) is 0 Å². The summed E-state index contributed by atoms with van der Waals surface area (Å²) < 4.78 is 0. The molecule has 0 aromatic carbocycles. The Kier molecular flexibility index (Phi) is 5.10. The zero-order chi connectivity index (χ0) is 13.5. The summed E-state index contributed by atoms with van der Waals surface area (Å²) in [6.07, 6.45) is 2.49. The Hall–Kier alpha value is -2.11. The van der Waals surface area contributed by atoms with E-state index >= 15 is 0 Å². The first-order valence-electron chi connectivity index (χ1n) is 5.74. The van der Waals surface area contributed by atoms with E-state index < -0.39 is 18.0 Å². The molecule has 0 aliphatic heterocycles. The van der Waals surface area contributed by atoms with Crippen molar-refractivity contribution in [1.82, 2.24) is 15.6 Å². The van der Waals surface area contributed by atoms with Gasteiger partial charge in [0.05, 0.1) is 12.2 Å². The lowest BCUT2D eigenvalue weighted by Gasteiger charge is -2.11. The van der Waals surface area contributed by atoms with Crippen LogP contribution in [0.15, 0.2) is 18.3 Å². The molecule has 6 heteroatoms. The molecular formula is C12H17N3O3. The van der Waals surface area contributed by atoms with Crippen LogP contribution in [-0.2, 0) is 17.8 Å². The minimum Gasteiger partial charge on any atom is -0.480 e. The van der Waals surface area contributed by atoms with Crippen LogP contribution < -0.4 is 10.6 Å². The van der Waals surface area contributed by atoms with Gasteiger partial charge in [0.2, 0.25) is 0 Å². The van der Waals surface area contributed by atoms with Gasteiger partial charge in [-0.15, -0.1) is 0 Å². The molecule has 1 atom stereocenters. The van der Waals surface area contributed by atoms with Gasteiger partial charge in [0.1, 0.15) is 6.04 Å². The number of nitrogens with zero attached hydrogens (tertiary/aromatic N) is 1. The molecule has 3 N–H and O–H groups in total. The molecule has 0 saturated heterocycles. The highest BCUT2D eigenvalue weighted by molar-refractivity contribution is 5.82. The second kappa shape index (κ2) is 6.58. The van der Waals surface area contributed by atoms with Gasteiger partial charge >= 0.3 is 12.0 Å². The van der Waals surface area contributed by atoms with E-state index in [9.17, 15) is 9.59 Å². The number of carbonyl (C=O) groups excluding carboxylic acids is 1. The minimum absolute atomic E-state index is 0.280. The van der Waals surface area contributed by atoms with Crippen molar-refractivity contribution in [3.05, 3.63) is 29.6 Å². The molecule has 6 nitrogen and oxygen atoms in total. The predicted octanol–water partition coefficient (Wildman–Crippen LogP) is 0.916. The number of urea groups is 1. The molecule has 18 heavy (non-hydrogen) atoms. The van der Waals surface area contributed by atoms with Crippen molar-refractivity contribution in [1.29, 1.82) is 0 Å². The highest BCUT2D eigenvalue weighted by Crippen LogP contribution is 2.05. The molecule has 0 fully saturated rings. The van der Waals surface area contributed by atoms with E-state index in [-0.39, 0.29) is 6.54 Å². The summed E-state index contributed by atoms with van der Waals surface area (Å²) in [7, 11) is 0. The van der Waals surface area contributed by atoms with Crippen molar-refractivity contribution in [2.75, 3.05) is 0 Å². The van der Waals surface area contributed by atoms with Crippen LogP contribution in [0.2, 0.25) is 0 Å². The number of hydrogen-bond donors (Lipinski definition) is 3. The molecule has 2 amide bonds. The standard InChI is InChI=1S/C12H17N3O3/c1-3-9-5-4-6-13-10(9)7-14-12(18)15-8(2)11(16)17/h4-6,8H,3,7H2,1-2H3,(H,16,17)(H2,14,15,18). The largest absolute Gasteiger partial charge is 0.480 e. The molecule has 0 aliphatic carbocycles. The Morgan fingerprint density at radius 2 is 2.22 bits per heavy atom. The monoisotopic (exact) mass is 251 g/mol. The Morgan fingerprint density at radius 3 is 2.83 bits per heavy atom. The number of aryl methyl sites for hydroxylation is 1. The second-order valence-electron chi connectivity index (χ2n) is 3.85. The quantitative estimate of drug-likeness (QED) is 0.725. The lowest BCUT2D eigenvalue weighted by molar-refractivity contribution is -0.138. The number of pyridine rings is 1. The minimum atomic E-state index is -1.07. The average molecular weight is 251 g/mol. The molecule has 1 aromatic rings. The third-order valence-electron chi connectivity index (χ3n) is 2.50. The molecule has 1 rings (SSSR count). The molecule has 0 spiro atoms. The lowest BCUT2D eigenvalue weighted by atomic mass is 10.1. The number of hydrogen-bond acceptors (Lipinski definition) is 3. The third kappa shape index (κ3) is 4.04. The maximum Gasteiger partial charge on any atom is 0.325 e. The molecule has 0 radical (unpaired) electrons. The number of carboxylic acid groups (broad SMARTS) is 1. The average Bonchev–Trinajstić information content (AvgIpc) is 2.36. The zero-order valence-corrected chi connectivity index (χ0v) is 10.4. The number of amides is 2. The number of carboxylic acids is 1. The normalized spacial score (nSPS) is 11.7. The fourth-order valence-electron chi connectivity index (χ4n) is 1.43. The first-order valence-corrected chi connectivity index (χ1v) is 5.74. The predicted molar refractivity (Wildman–Crippen MR) is 66.1 cm³/mol. The van der Waals surface area contributed by atoms with Gasteiger partial charge in [0.15, 0.2) is 0 Å². The summed E-state index contributed by atoms with van der Waals surface area (Å²) in [5.41, 5.74) is 1.85. The van der Waals surface area contributed by atoms with E-state index in [4.69, 9.17) is 5.11 Å². The van der Waals surface area contributed by atoms with E-state index in [2.05, 4.69) is 15.6 Å². The van der Waals surface area contributed by atoms with E-state index in [1.54, 1.807) is 6.20 Å². The van der Waals surface area contributed by atoms with Crippen molar-refractivity contribution >= 4 is 12.0 Å². The first kappa shape index (κ1) is 14.0. The van der Waals surface area contributed by atoms with Crippen molar-refractivity contribution < 1.29 is 14.7 Å².